The summed E-state index contributed by atoms with van der Waals surface area (Å²) in [5, 5.41) is 10.6. The smallest absolute Gasteiger partial charge is 0.223 e. The standard InChI is InChI=1S/C24H39N3O2/c1-23(2)12-19-13-24(3,16-23)17-27(19)15-20-22(29)21(28)11-18(25(20)4)14-26-9-7-5-6-8-10-26/h11,19,29H,5-10,12-17H2,1-4H3/t19-,24+/m0/s1. The summed E-state index contributed by atoms with van der Waals surface area (Å²) in [4.78, 5) is 17.6. The van der Waals surface area contributed by atoms with E-state index >= 15 is 0 Å². The molecule has 0 spiro atoms. The number of rotatable bonds is 4. The Morgan fingerprint density at radius 2 is 1.76 bits per heavy atom. The first kappa shape index (κ1) is 20.9. The molecule has 2 atom stereocenters. The molecule has 1 aromatic rings. The Morgan fingerprint density at radius 3 is 2.45 bits per heavy atom. The van der Waals surface area contributed by atoms with E-state index in [1.807, 2.05) is 7.05 Å². The van der Waals surface area contributed by atoms with Gasteiger partial charge in [-0.25, -0.2) is 0 Å². The van der Waals surface area contributed by atoms with Gasteiger partial charge in [-0.3, -0.25) is 14.6 Å². The van der Waals surface area contributed by atoms with Gasteiger partial charge in [0.25, 0.3) is 0 Å². The van der Waals surface area contributed by atoms with Crippen molar-refractivity contribution < 1.29 is 5.11 Å². The van der Waals surface area contributed by atoms with Crippen LogP contribution < -0.4 is 5.43 Å². The molecule has 0 amide bonds. The second-order valence-electron chi connectivity index (χ2n) is 11.2. The molecular weight excluding hydrogens is 362 g/mol. The molecule has 2 bridgehead atoms. The fourth-order valence-corrected chi connectivity index (χ4v) is 6.60. The van der Waals surface area contributed by atoms with E-state index in [1.54, 1.807) is 6.07 Å². The van der Waals surface area contributed by atoms with Gasteiger partial charge in [0.05, 0.1) is 5.69 Å². The molecule has 0 unspecified atom stereocenters. The second-order valence-corrected chi connectivity index (χ2v) is 11.2. The van der Waals surface area contributed by atoms with Crippen LogP contribution in [0.25, 0.3) is 0 Å². The van der Waals surface area contributed by atoms with Gasteiger partial charge in [0.2, 0.25) is 5.43 Å². The first-order chi connectivity index (χ1) is 13.7. The highest BCUT2D eigenvalue weighted by molar-refractivity contribution is 5.30. The quantitative estimate of drug-likeness (QED) is 0.832. The van der Waals surface area contributed by atoms with Gasteiger partial charge in [-0.1, -0.05) is 33.6 Å². The zero-order chi connectivity index (χ0) is 20.8. The van der Waals surface area contributed by atoms with Crippen LogP contribution in [0.15, 0.2) is 10.9 Å². The topological polar surface area (TPSA) is 48.7 Å². The lowest BCUT2D eigenvalue weighted by Gasteiger charge is -2.40. The molecule has 2 aliphatic heterocycles. The molecule has 3 heterocycles. The molecule has 0 radical (unpaired) electrons. The summed E-state index contributed by atoms with van der Waals surface area (Å²) in [5.74, 6) is -0.0574. The summed E-state index contributed by atoms with van der Waals surface area (Å²) < 4.78 is 2.09. The predicted octanol–water partition coefficient (Wildman–Crippen LogP) is 3.87. The minimum atomic E-state index is -0.225. The summed E-state index contributed by atoms with van der Waals surface area (Å²) in [6, 6.07) is 2.20. The Morgan fingerprint density at radius 1 is 1.07 bits per heavy atom. The van der Waals surface area contributed by atoms with Gasteiger partial charge in [0, 0.05) is 44.5 Å². The first-order valence-electron chi connectivity index (χ1n) is 11.5. The van der Waals surface area contributed by atoms with Gasteiger partial charge in [0.15, 0.2) is 5.75 Å². The number of hydrogen-bond donors (Lipinski definition) is 1. The molecule has 162 valence electrons. The average molecular weight is 402 g/mol. The summed E-state index contributed by atoms with van der Waals surface area (Å²) in [6.45, 7) is 11.9. The molecule has 1 aliphatic carbocycles. The lowest BCUT2D eigenvalue weighted by Crippen LogP contribution is -2.35. The normalized spacial score (nSPS) is 30.4. The van der Waals surface area contributed by atoms with Gasteiger partial charge in [-0.2, -0.15) is 0 Å². The maximum Gasteiger partial charge on any atom is 0.223 e. The van der Waals surface area contributed by atoms with Gasteiger partial charge in [-0.15, -0.1) is 0 Å². The molecule has 2 saturated heterocycles. The number of nitrogens with zero attached hydrogens (tertiary/aromatic N) is 3. The number of aromatic nitrogens is 1. The maximum absolute atomic E-state index is 12.6. The molecule has 1 N–H and O–H groups in total. The van der Waals surface area contributed by atoms with Crippen LogP contribution in [0.2, 0.25) is 0 Å². The zero-order valence-electron chi connectivity index (χ0n) is 18.8. The summed E-state index contributed by atoms with van der Waals surface area (Å²) in [6.07, 6.45) is 8.78. The van der Waals surface area contributed by atoms with Crippen molar-refractivity contribution in [2.24, 2.45) is 17.9 Å². The van der Waals surface area contributed by atoms with E-state index in [0.717, 1.165) is 37.6 Å². The summed E-state index contributed by atoms with van der Waals surface area (Å²) >= 11 is 0. The van der Waals surface area contributed by atoms with Crippen molar-refractivity contribution in [3.63, 3.8) is 0 Å². The number of aromatic hydroxyl groups is 1. The summed E-state index contributed by atoms with van der Waals surface area (Å²) in [5.41, 5.74) is 2.31. The Bertz CT molecular complexity index is 807. The molecule has 3 aliphatic rings. The van der Waals surface area contributed by atoms with Gasteiger partial charge >= 0.3 is 0 Å². The van der Waals surface area contributed by atoms with Crippen LogP contribution >= 0.6 is 0 Å². The molecule has 1 saturated carbocycles. The maximum atomic E-state index is 12.6. The number of pyridine rings is 1. The fourth-order valence-electron chi connectivity index (χ4n) is 6.60. The Labute approximate surface area is 175 Å². The van der Waals surface area contributed by atoms with E-state index in [-0.39, 0.29) is 11.2 Å². The largest absolute Gasteiger partial charge is 0.503 e. The zero-order valence-corrected chi connectivity index (χ0v) is 18.8. The summed E-state index contributed by atoms with van der Waals surface area (Å²) in [7, 11) is 2.02. The molecule has 3 fully saturated rings. The van der Waals surface area contributed by atoms with Crippen LogP contribution in [0.5, 0.6) is 5.75 Å². The van der Waals surface area contributed by atoms with E-state index in [4.69, 9.17) is 0 Å². The molecule has 5 heteroatoms. The van der Waals surface area contributed by atoms with Gasteiger partial charge in [0.1, 0.15) is 0 Å². The SMILES string of the molecule is Cn1c(CN2CCCCCC2)cc(=O)c(O)c1CN1C[C@]2(C)C[C@@H]1CC(C)(C)C2. The highest BCUT2D eigenvalue weighted by Gasteiger charge is 2.49. The van der Waals surface area contributed by atoms with Crippen molar-refractivity contribution in [3.8, 4) is 5.75 Å². The molecule has 4 rings (SSSR count). The van der Waals surface area contributed by atoms with Crippen molar-refractivity contribution in [2.75, 3.05) is 19.6 Å². The minimum absolute atomic E-state index is 0.0574. The van der Waals surface area contributed by atoms with Crippen LogP contribution in [0.1, 0.15) is 77.1 Å². The highest BCUT2D eigenvalue weighted by atomic mass is 16.3. The molecule has 0 aromatic carbocycles. The minimum Gasteiger partial charge on any atom is -0.503 e. The fraction of sp³-hybridized carbons (Fsp3) is 0.792. The third-order valence-electron chi connectivity index (χ3n) is 7.60. The predicted molar refractivity (Wildman–Crippen MR) is 117 cm³/mol. The Balaban J connectivity index is 1.57. The third kappa shape index (κ3) is 4.41. The molecule has 1 aromatic heterocycles. The molecule has 29 heavy (non-hydrogen) atoms. The third-order valence-corrected chi connectivity index (χ3v) is 7.60. The Hall–Kier alpha value is -1.33. The van der Waals surface area contributed by atoms with Crippen LogP contribution in [-0.2, 0) is 20.1 Å². The van der Waals surface area contributed by atoms with E-state index in [9.17, 15) is 9.90 Å². The van der Waals surface area contributed by atoms with Crippen LogP contribution in [-0.4, -0.2) is 45.1 Å². The van der Waals surface area contributed by atoms with Crippen LogP contribution in [0.3, 0.4) is 0 Å². The van der Waals surface area contributed by atoms with Crippen LogP contribution in [0.4, 0.5) is 0 Å². The van der Waals surface area contributed by atoms with Crippen molar-refractivity contribution in [1.29, 1.82) is 0 Å². The number of hydrogen-bond acceptors (Lipinski definition) is 4. The highest BCUT2D eigenvalue weighted by Crippen LogP contribution is 2.52. The monoisotopic (exact) mass is 401 g/mol. The van der Waals surface area contributed by atoms with Crippen molar-refractivity contribution >= 4 is 0 Å². The lowest BCUT2D eigenvalue weighted by molar-refractivity contribution is 0.126. The first-order valence-corrected chi connectivity index (χ1v) is 11.5. The molecule has 5 nitrogen and oxygen atoms in total. The van der Waals surface area contributed by atoms with Gasteiger partial charge < -0.3 is 9.67 Å². The van der Waals surface area contributed by atoms with Gasteiger partial charge in [-0.05, 0) is 56.0 Å². The average Bonchev–Trinajstić information content (AvgIpc) is 2.79. The number of likely N-dealkylation sites (tertiary alicyclic amines) is 2. The van der Waals surface area contributed by atoms with E-state index in [1.165, 1.54) is 44.9 Å². The van der Waals surface area contributed by atoms with Crippen molar-refractivity contribution in [3.05, 3.63) is 27.7 Å². The molecular formula is C24H39N3O2. The van der Waals surface area contributed by atoms with Crippen molar-refractivity contribution in [1.82, 2.24) is 14.4 Å². The van der Waals surface area contributed by atoms with E-state index in [0.29, 0.717) is 23.4 Å². The van der Waals surface area contributed by atoms with E-state index < -0.39 is 0 Å². The lowest BCUT2D eigenvalue weighted by atomic mass is 9.65. The van der Waals surface area contributed by atoms with Crippen LogP contribution in [0, 0.1) is 10.8 Å². The van der Waals surface area contributed by atoms with E-state index in [2.05, 4.69) is 35.1 Å². The number of fused-ring (bicyclic) bond motifs is 2. The Kier molecular flexibility index (Phi) is 5.58. The second kappa shape index (κ2) is 7.73. The van der Waals surface area contributed by atoms with Crippen molar-refractivity contribution in [2.45, 2.75) is 84.8 Å².